The summed E-state index contributed by atoms with van der Waals surface area (Å²) < 4.78 is 5.14. The Morgan fingerprint density at radius 1 is 1.19 bits per heavy atom. The number of carbonyl (C=O) groups excluding carboxylic acids is 2. The Bertz CT molecular complexity index is 824. The Hall–Kier alpha value is -2.49. The molecule has 0 spiro atoms. The number of anilines is 1. The topological polar surface area (TPSA) is 86.8 Å². The van der Waals surface area contributed by atoms with Crippen LogP contribution >= 0.6 is 11.3 Å². The van der Waals surface area contributed by atoms with Crippen LogP contribution in [-0.4, -0.2) is 73.2 Å². The van der Waals surface area contributed by atoms with Crippen LogP contribution in [0.25, 0.3) is 0 Å². The predicted molar refractivity (Wildman–Crippen MR) is 122 cm³/mol. The fourth-order valence-electron chi connectivity index (χ4n) is 3.43. The normalized spacial score (nSPS) is 14.2. The molecule has 0 saturated carbocycles. The molecule has 2 heterocycles. The molecule has 1 saturated heterocycles. The number of para-hydroxylation sites is 1. The summed E-state index contributed by atoms with van der Waals surface area (Å²) in [5.41, 5.74) is 1.12. The second kappa shape index (κ2) is 12.4. The van der Waals surface area contributed by atoms with E-state index in [4.69, 9.17) is 4.74 Å². The highest BCUT2D eigenvalue weighted by Gasteiger charge is 2.18. The maximum absolute atomic E-state index is 12.7. The highest BCUT2D eigenvalue weighted by atomic mass is 32.1. The van der Waals surface area contributed by atoms with Gasteiger partial charge in [0.05, 0.1) is 13.2 Å². The van der Waals surface area contributed by atoms with E-state index in [1.54, 1.807) is 17.4 Å². The number of amides is 3. The molecule has 1 aliphatic heterocycles. The first kappa shape index (κ1) is 23.2. The number of nitrogens with one attached hydrogen (secondary N) is 2. The maximum Gasteiger partial charge on any atom is 0.322 e. The van der Waals surface area contributed by atoms with Crippen LogP contribution in [0.3, 0.4) is 0 Å². The van der Waals surface area contributed by atoms with Gasteiger partial charge in [-0.05, 0) is 38.1 Å². The van der Waals surface area contributed by atoms with Crippen molar-refractivity contribution in [2.24, 2.45) is 0 Å². The first-order valence-electron chi connectivity index (χ1n) is 10.7. The molecule has 1 aromatic heterocycles. The maximum atomic E-state index is 12.7. The smallest absolute Gasteiger partial charge is 0.322 e. The van der Waals surface area contributed by atoms with Gasteiger partial charge in [-0.25, -0.2) is 9.78 Å². The molecule has 0 atom stereocenters. The molecule has 3 amide bonds. The van der Waals surface area contributed by atoms with E-state index < -0.39 is 0 Å². The summed E-state index contributed by atoms with van der Waals surface area (Å²) in [6.07, 6.45) is 3.77. The Kier molecular flexibility index (Phi) is 9.26. The molecule has 0 aliphatic carbocycles. The van der Waals surface area contributed by atoms with Crippen molar-refractivity contribution in [2.45, 2.75) is 25.8 Å². The summed E-state index contributed by atoms with van der Waals surface area (Å²) >= 11 is 1.38. The molecule has 31 heavy (non-hydrogen) atoms. The first-order chi connectivity index (χ1) is 15.2. The van der Waals surface area contributed by atoms with Crippen LogP contribution in [0.2, 0.25) is 0 Å². The van der Waals surface area contributed by atoms with E-state index >= 15 is 0 Å². The van der Waals surface area contributed by atoms with E-state index in [1.807, 2.05) is 30.3 Å². The molecule has 2 N–H and O–H groups in total. The number of hydrogen-bond donors (Lipinski definition) is 2. The van der Waals surface area contributed by atoms with Crippen LogP contribution in [0.15, 0.2) is 35.7 Å². The molecule has 0 bridgehead atoms. The van der Waals surface area contributed by atoms with E-state index in [-0.39, 0.29) is 11.9 Å². The molecule has 168 valence electrons. The third-order valence-electron chi connectivity index (χ3n) is 5.15. The monoisotopic (exact) mass is 445 g/mol. The van der Waals surface area contributed by atoms with Crippen molar-refractivity contribution in [1.82, 2.24) is 20.1 Å². The van der Waals surface area contributed by atoms with Crippen molar-refractivity contribution in [3.63, 3.8) is 0 Å². The Labute approximate surface area is 187 Å². The van der Waals surface area contributed by atoms with Crippen molar-refractivity contribution in [2.75, 3.05) is 51.8 Å². The zero-order valence-corrected chi connectivity index (χ0v) is 18.8. The summed E-state index contributed by atoms with van der Waals surface area (Å²) in [5.74, 6) is -0.170. The number of piperidine rings is 1. The third kappa shape index (κ3) is 7.61. The minimum Gasteiger partial charge on any atom is -0.383 e. The summed E-state index contributed by atoms with van der Waals surface area (Å²) in [5, 5.41) is 8.29. The Balaban J connectivity index is 1.51. The number of methoxy groups -OCH3 is 1. The molecule has 0 radical (unpaired) electrons. The first-order valence-corrected chi connectivity index (χ1v) is 11.6. The van der Waals surface area contributed by atoms with Crippen molar-refractivity contribution >= 4 is 29.0 Å². The molecule has 1 aliphatic rings. The minimum atomic E-state index is -0.231. The molecule has 9 heteroatoms. The van der Waals surface area contributed by atoms with Gasteiger partial charge in [-0.3, -0.25) is 4.79 Å². The number of nitrogens with zero attached hydrogens (tertiary/aromatic N) is 3. The number of carbonyl (C=O) groups is 2. The second-order valence-corrected chi connectivity index (χ2v) is 8.44. The number of hydrogen-bond acceptors (Lipinski definition) is 6. The van der Waals surface area contributed by atoms with Crippen molar-refractivity contribution in [3.05, 3.63) is 46.4 Å². The van der Waals surface area contributed by atoms with Gasteiger partial charge in [0.25, 0.3) is 5.91 Å². The van der Waals surface area contributed by atoms with Gasteiger partial charge >= 0.3 is 6.03 Å². The molecular weight excluding hydrogens is 414 g/mol. The van der Waals surface area contributed by atoms with Crippen LogP contribution < -0.4 is 10.6 Å². The highest BCUT2D eigenvalue weighted by molar-refractivity contribution is 7.09. The molecule has 1 fully saturated rings. The largest absolute Gasteiger partial charge is 0.383 e. The zero-order valence-electron chi connectivity index (χ0n) is 18.0. The van der Waals surface area contributed by atoms with E-state index in [1.165, 1.54) is 30.6 Å². The standard InChI is InChI=1S/C22H31N5O3S/c1-30-15-14-27(22(29)24-18-8-4-2-5-9-18)16-20-25-19(17-31-20)21(28)23-10-13-26-11-6-3-7-12-26/h2,4-5,8-9,17H,3,6-7,10-16H2,1H3,(H,23,28)(H,24,29). The molecule has 1 aromatic carbocycles. The number of urea groups is 1. The summed E-state index contributed by atoms with van der Waals surface area (Å²) in [7, 11) is 1.60. The van der Waals surface area contributed by atoms with Crippen LogP contribution in [0.4, 0.5) is 10.5 Å². The van der Waals surface area contributed by atoms with Crippen molar-refractivity contribution in [1.29, 1.82) is 0 Å². The molecule has 8 nitrogen and oxygen atoms in total. The van der Waals surface area contributed by atoms with Gasteiger partial charge in [0.15, 0.2) is 0 Å². The van der Waals surface area contributed by atoms with Crippen molar-refractivity contribution < 1.29 is 14.3 Å². The average molecular weight is 446 g/mol. The second-order valence-electron chi connectivity index (χ2n) is 7.50. The summed E-state index contributed by atoms with van der Waals surface area (Å²) in [4.78, 5) is 33.6. The van der Waals surface area contributed by atoms with Gasteiger partial charge in [-0.1, -0.05) is 24.6 Å². The van der Waals surface area contributed by atoms with Crippen LogP contribution in [0, 0.1) is 0 Å². The van der Waals surface area contributed by atoms with E-state index in [2.05, 4.69) is 20.5 Å². The lowest BCUT2D eigenvalue weighted by Crippen LogP contribution is -2.38. The molecule has 0 unspecified atom stereocenters. The fourth-order valence-corrected chi connectivity index (χ4v) is 4.22. The number of aromatic nitrogens is 1. The Morgan fingerprint density at radius 2 is 1.97 bits per heavy atom. The van der Waals surface area contributed by atoms with Gasteiger partial charge < -0.3 is 25.2 Å². The van der Waals surface area contributed by atoms with Crippen molar-refractivity contribution in [3.8, 4) is 0 Å². The number of ether oxygens (including phenoxy) is 1. The SMILES string of the molecule is COCCN(Cc1nc(C(=O)NCCN2CCCCC2)cs1)C(=O)Nc1ccccc1. The van der Waals surface area contributed by atoms with Gasteiger partial charge in [0, 0.05) is 37.8 Å². The number of rotatable bonds is 10. The van der Waals surface area contributed by atoms with Gasteiger partial charge in [-0.2, -0.15) is 0 Å². The van der Waals surface area contributed by atoms with E-state index in [9.17, 15) is 9.59 Å². The van der Waals surface area contributed by atoms with Gasteiger partial charge in [-0.15, -0.1) is 11.3 Å². The third-order valence-corrected chi connectivity index (χ3v) is 5.98. The summed E-state index contributed by atoms with van der Waals surface area (Å²) in [6.45, 7) is 4.85. The number of likely N-dealkylation sites (tertiary alicyclic amines) is 1. The quantitative estimate of drug-likeness (QED) is 0.587. The molecular formula is C22H31N5O3S. The molecule has 2 aromatic rings. The Morgan fingerprint density at radius 3 is 2.71 bits per heavy atom. The fraction of sp³-hybridized carbons (Fsp3) is 0.500. The zero-order chi connectivity index (χ0) is 21.9. The van der Waals surface area contributed by atoms with Crippen LogP contribution in [-0.2, 0) is 11.3 Å². The van der Waals surface area contributed by atoms with E-state index in [0.717, 1.165) is 25.3 Å². The van der Waals surface area contributed by atoms with Gasteiger partial charge in [0.1, 0.15) is 10.7 Å². The van der Waals surface area contributed by atoms with Gasteiger partial charge in [0.2, 0.25) is 0 Å². The predicted octanol–water partition coefficient (Wildman–Crippen LogP) is 3.04. The highest BCUT2D eigenvalue weighted by Crippen LogP contribution is 2.14. The average Bonchev–Trinajstić information content (AvgIpc) is 3.26. The number of thiazole rings is 1. The van der Waals surface area contributed by atoms with Crippen LogP contribution in [0.1, 0.15) is 34.8 Å². The lowest BCUT2D eigenvalue weighted by Gasteiger charge is -2.26. The van der Waals surface area contributed by atoms with Crippen LogP contribution in [0.5, 0.6) is 0 Å². The molecule has 3 rings (SSSR count). The lowest BCUT2D eigenvalue weighted by atomic mass is 10.1. The minimum absolute atomic E-state index is 0.170. The van der Waals surface area contributed by atoms with E-state index in [0.29, 0.717) is 36.9 Å². The number of benzene rings is 1. The summed E-state index contributed by atoms with van der Waals surface area (Å²) in [6, 6.07) is 9.07. The lowest BCUT2D eigenvalue weighted by molar-refractivity contribution is 0.0942.